The lowest BCUT2D eigenvalue weighted by Gasteiger charge is -2.05. The van der Waals surface area contributed by atoms with Gasteiger partial charge in [-0.2, -0.15) is 0 Å². The van der Waals surface area contributed by atoms with Crippen LogP contribution in [0.5, 0.6) is 0 Å². The Morgan fingerprint density at radius 1 is 1.17 bits per heavy atom. The zero-order valence-electron chi connectivity index (χ0n) is 11.6. The number of hydrogen-bond acceptors (Lipinski definition) is 2. The number of benzene rings is 1. The molecule has 1 heterocycles. The molecular formula is C15H23N3. The van der Waals surface area contributed by atoms with Crippen LogP contribution in [0.3, 0.4) is 0 Å². The summed E-state index contributed by atoms with van der Waals surface area (Å²) >= 11 is 0. The first-order valence-corrected chi connectivity index (χ1v) is 6.68. The molecule has 0 aliphatic heterocycles. The molecule has 3 heteroatoms. The predicted molar refractivity (Wildman–Crippen MR) is 76.9 cm³/mol. The number of rotatable bonds is 5. The fourth-order valence-electron chi connectivity index (χ4n) is 1.61. The Hall–Kier alpha value is -1.61. The minimum Gasteiger partial charge on any atom is -0.313 e. The second kappa shape index (κ2) is 8.48. The van der Waals surface area contributed by atoms with Gasteiger partial charge in [-0.1, -0.05) is 32.9 Å². The van der Waals surface area contributed by atoms with Crippen molar-refractivity contribution >= 4 is 0 Å². The minimum atomic E-state index is 0.943. The van der Waals surface area contributed by atoms with E-state index in [1.807, 2.05) is 30.9 Å². The third-order valence-corrected chi connectivity index (χ3v) is 2.49. The summed E-state index contributed by atoms with van der Waals surface area (Å²) in [6, 6.07) is 8.53. The smallest absolute Gasteiger partial charge is 0.0991 e. The maximum Gasteiger partial charge on any atom is 0.0991 e. The van der Waals surface area contributed by atoms with Gasteiger partial charge in [-0.15, -0.1) is 0 Å². The average molecular weight is 245 g/mol. The van der Waals surface area contributed by atoms with E-state index in [4.69, 9.17) is 0 Å². The normalized spacial score (nSPS) is 9.72. The van der Waals surface area contributed by atoms with Gasteiger partial charge in [0.25, 0.3) is 0 Å². The van der Waals surface area contributed by atoms with Gasteiger partial charge >= 0.3 is 0 Å². The van der Waals surface area contributed by atoms with E-state index >= 15 is 0 Å². The van der Waals surface area contributed by atoms with Crippen molar-refractivity contribution in [2.45, 2.75) is 33.7 Å². The van der Waals surface area contributed by atoms with E-state index in [2.05, 4.69) is 41.5 Å². The molecule has 0 saturated heterocycles. The second-order valence-corrected chi connectivity index (χ2v) is 3.81. The third kappa shape index (κ3) is 4.34. The molecule has 0 amide bonds. The summed E-state index contributed by atoms with van der Waals surface area (Å²) < 4.78 is 2.00. The Morgan fingerprint density at radius 2 is 1.89 bits per heavy atom. The van der Waals surface area contributed by atoms with Gasteiger partial charge < -0.3 is 9.88 Å². The van der Waals surface area contributed by atoms with Crippen LogP contribution in [0.25, 0.3) is 5.69 Å². The Kier molecular flexibility index (Phi) is 6.81. The van der Waals surface area contributed by atoms with Crippen LogP contribution in [0.2, 0.25) is 0 Å². The molecule has 0 unspecified atom stereocenters. The average Bonchev–Trinajstić information content (AvgIpc) is 2.96. The van der Waals surface area contributed by atoms with E-state index in [0.29, 0.717) is 0 Å². The van der Waals surface area contributed by atoms with Crippen LogP contribution in [0.15, 0.2) is 43.0 Å². The first-order valence-electron chi connectivity index (χ1n) is 6.68. The molecule has 2 rings (SSSR count). The fourth-order valence-corrected chi connectivity index (χ4v) is 1.61. The van der Waals surface area contributed by atoms with Crippen molar-refractivity contribution in [2.24, 2.45) is 0 Å². The molecule has 0 radical (unpaired) electrons. The molecular weight excluding hydrogens is 222 g/mol. The number of hydrogen-bond donors (Lipinski definition) is 1. The predicted octanol–water partition coefficient (Wildman–Crippen LogP) is 3.40. The molecule has 0 bridgehead atoms. The second-order valence-electron chi connectivity index (χ2n) is 3.81. The zero-order chi connectivity index (χ0) is 13.2. The Labute approximate surface area is 110 Å². The topological polar surface area (TPSA) is 29.9 Å². The standard InChI is InChI=1S/C13H17N3.C2H6/c1-2-7-14-10-12-3-5-13(6-4-12)16-9-8-15-11-16;1-2/h3-6,8-9,11,14H,2,7,10H2,1H3;1-2H3. The number of nitrogens with zero attached hydrogens (tertiary/aromatic N) is 2. The van der Waals surface area contributed by atoms with Crippen LogP contribution in [0.1, 0.15) is 32.8 Å². The van der Waals surface area contributed by atoms with E-state index in [0.717, 1.165) is 18.8 Å². The summed E-state index contributed by atoms with van der Waals surface area (Å²) in [5.74, 6) is 0. The lowest BCUT2D eigenvalue weighted by molar-refractivity contribution is 0.675. The van der Waals surface area contributed by atoms with Crippen LogP contribution in [0, 0.1) is 0 Å². The molecule has 0 saturated carbocycles. The van der Waals surface area contributed by atoms with Crippen molar-refractivity contribution in [3.63, 3.8) is 0 Å². The van der Waals surface area contributed by atoms with E-state index in [1.54, 1.807) is 6.20 Å². The first kappa shape index (κ1) is 14.5. The summed E-state index contributed by atoms with van der Waals surface area (Å²) in [6.07, 6.45) is 6.72. The molecule has 0 fully saturated rings. The van der Waals surface area contributed by atoms with Gasteiger partial charge in [0.1, 0.15) is 0 Å². The van der Waals surface area contributed by atoms with Crippen LogP contribution < -0.4 is 5.32 Å². The number of aromatic nitrogens is 2. The molecule has 1 aromatic carbocycles. The van der Waals surface area contributed by atoms with Crippen molar-refractivity contribution in [3.8, 4) is 5.69 Å². The van der Waals surface area contributed by atoms with Crippen molar-refractivity contribution in [3.05, 3.63) is 48.5 Å². The van der Waals surface area contributed by atoms with Crippen molar-refractivity contribution in [2.75, 3.05) is 6.54 Å². The van der Waals surface area contributed by atoms with Gasteiger partial charge in [-0.25, -0.2) is 4.98 Å². The van der Waals surface area contributed by atoms with E-state index in [-0.39, 0.29) is 0 Å². The van der Waals surface area contributed by atoms with Gasteiger partial charge in [0, 0.05) is 24.6 Å². The summed E-state index contributed by atoms with van der Waals surface area (Å²) in [4.78, 5) is 4.03. The van der Waals surface area contributed by atoms with Crippen LogP contribution in [-0.4, -0.2) is 16.1 Å². The molecule has 0 aliphatic carbocycles. The van der Waals surface area contributed by atoms with Crippen molar-refractivity contribution < 1.29 is 0 Å². The van der Waals surface area contributed by atoms with Gasteiger partial charge in [-0.3, -0.25) is 0 Å². The van der Waals surface area contributed by atoms with Gasteiger partial charge in [0.15, 0.2) is 0 Å². The molecule has 98 valence electrons. The lowest BCUT2D eigenvalue weighted by atomic mass is 10.2. The molecule has 18 heavy (non-hydrogen) atoms. The van der Waals surface area contributed by atoms with Crippen LogP contribution >= 0.6 is 0 Å². The van der Waals surface area contributed by atoms with Crippen molar-refractivity contribution in [1.82, 2.24) is 14.9 Å². The quantitative estimate of drug-likeness (QED) is 0.818. The molecule has 1 aromatic heterocycles. The van der Waals surface area contributed by atoms with E-state index in [1.165, 1.54) is 12.0 Å². The molecule has 2 aromatic rings. The summed E-state index contributed by atoms with van der Waals surface area (Å²) in [6.45, 7) is 8.19. The number of nitrogens with one attached hydrogen (secondary N) is 1. The van der Waals surface area contributed by atoms with Crippen LogP contribution in [-0.2, 0) is 6.54 Å². The molecule has 0 aliphatic rings. The SMILES string of the molecule is CC.CCCNCc1ccc(-n2ccnc2)cc1. The number of imidazole rings is 1. The Bertz CT molecular complexity index is 404. The largest absolute Gasteiger partial charge is 0.313 e. The van der Waals surface area contributed by atoms with E-state index in [9.17, 15) is 0 Å². The highest BCUT2D eigenvalue weighted by Crippen LogP contribution is 2.08. The monoisotopic (exact) mass is 245 g/mol. The highest BCUT2D eigenvalue weighted by atomic mass is 15.0. The van der Waals surface area contributed by atoms with Crippen molar-refractivity contribution in [1.29, 1.82) is 0 Å². The molecule has 3 nitrogen and oxygen atoms in total. The Morgan fingerprint density at radius 3 is 2.44 bits per heavy atom. The van der Waals surface area contributed by atoms with Gasteiger partial charge in [0.05, 0.1) is 6.33 Å². The molecule has 0 spiro atoms. The van der Waals surface area contributed by atoms with Gasteiger partial charge in [0.2, 0.25) is 0 Å². The first-order chi connectivity index (χ1) is 8.90. The van der Waals surface area contributed by atoms with Gasteiger partial charge in [-0.05, 0) is 30.7 Å². The van der Waals surface area contributed by atoms with E-state index < -0.39 is 0 Å². The summed E-state index contributed by atoms with van der Waals surface area (Å²) in [5, 5.41) is 3.39. The summed E-state index contributed by atoms with van der Waals surface area (Å²) in [7, 11) is 0. The molecule has 1 N–H and O–H groups in total. The summed E-state index contributed by atoms with van der Waals surface area (Å²) in [5.41, 5.74) is 2.47. The third-order valence-electron chi connectivity index (χ3n) is 2.49. The Balaban J connectivity index is 0.000000771. The lowest BCUT2D eigenvalue weighted by Crippen LogP contribution is -2.13. The maximum atomic E-state index is 4.03. The minimum absolute atomic E-state index is 0.943. The van der Waals surface area contributed by atoms with Crippen LogP contribution in [0.4, 0.5) is 0 Å². The highest BCUT2D eigenvalue weighted by molar-refractivity contribution is 5.34. The fraction of sp³-hybridized carbons (Fsp3) is 0.400. The molecule has 0 atom stereocenters. The zero-order valence-corrected chi connectivity index (χ0v) is 11.6. The maximum absolute atomic E-state index is 4.03. The highest BCUT2D eigenvalue weighted by Gasteiger charge is 1.96.